The van der Waals surface area contributed by atoms with Gasteiger partial charge < -0.3 is 9.88 Å². The summed E-state index contributed by atoms with van der Waals surface area (Å²) in [6.07, 6.45) is 1.60. The summed E-state index contributed by atoms with van der Waals surface area (Å²) in [5.41, 5.74) is 0.367. The second kappa shape index (κ2) is 7.11. The molecule has 1 atom stereocenters. The molecule has 23 heavy (non-hydrogen) atoms. The number of aromatic nitrogens is 3. The topological polar surface area (TPSA) is 120 Å². The van der Waals surface area contributed by atoms with Gasteiger partial charge in [-0.2, -0.15) is 0 Å². The average molecular weight is 355 g/mol. The van der Waals surface area contributed by atoms with Crippen molar-refractivity contribution in [2.45, 2.75) is 35.7 Å². The van der Waals surface area contributed by atoms with Crippen LogP contribution in [0.4, 0.5) is 5.69 Å². The molecule has 1 aromatic carbocycles. The van der Waals surface area contributed by atoms with E-state index in [0.29, 0.717) is 17.4 Å². The van der Waals surface area contributed by atoms with Gasteiger partial charge in [0.2, 0.25) is 15.9 Å². The Kier molecular flexibility index (Phi) is 5.39. The van der Waals surface area contributed by atoms with Crippen LogP contribution < -0.4 is 10.5 Å². The van der Waals surface area contributed by atoms with Gasteiger partial charge in [-0.25, -0.2) is 13.6 Å². The van der Waals surface area contributed by atoms with E-state index in [2.05, 4.69) is 15.5 Å². The number of primary sulfonamides is 1. The fraction of sp³-hybridized carbons (Fsp3) is 0.308. The number of carbonyl (C=O) groups is 1. The SMILES string of the molecule is CCn1cnnc1S[C@H](C)C(=O)Nc1cccc(S(N)(=O)=O)c1. The number of benzene rings is 1. The number of rotatable bonds is 6. The molecule has 0 radical (unpaired) electrons. The Morgan fingerprint density at radius 2 is 2.22 bits per heavy atom. The van der Waals surface area contributed by atoms with Crippen LogP contribution in [0.25, 0.3) is 0 Å². The van der Waals surface area contributed by atoms with Gasteiger partial charge in [0.25, 0.3) is 0 Å². The van der Waals surface area contributed by atoms with Crippen molar-refractivity contribution >= 4 is 33.4 Å². The highest BCUT2D eigenvalue weighted by molar-refractivity contribution is 8.00. The number of nitrogens with two attached hydrogens (primary N) is 1. The van der Waals surface area contributed by atoms with Gasteiger partial charge in [-0.05, 0) is 32.0 Å². The molecule has 0 bridgehead atoms. The summed E-state index contributed by atoms with van der Waals surface area (Å²) < 4.78 is 24.5. The lowest BCUT2D eigenvalue weighted by Crippen LogP contribution is -2.23. The van der Waals surface area contributed by atoms with Crippen molar-refractivity contribution in [2.75, 3.05) is 5.32 Å². The minimum Gasteiger partial charge on any atom is -0.325 e. The normalized spacial score (nSPS) is 12.8. The number of carbonyl (C=O) groups excluding carboxylic acids is 1. The van der Waals surface area contributed by atoms with Gasteiger partial charge in [-0.15, -0.1) is 10.2 Å². The Balaban J connectivity index is 2.07. The molecule has 0 aliphatic rings. The van der Waals surface area contributed by atoms with Crippen LogP contribution in [0.2, 0.25) is 0 Å². The quantitative estimate of drug-likeness (QED) is 0.748. The Morgan fingerprint density at radius 1 is 1.48 bits per heavy atom. The van der Waals surface area contributed by atoms with E-state index in [0.717, 1.165) is 0 Å². The van der Waals surface area contributed by atoms with E-state index < -0.39 is 15.3 Å². The molecule has 1 amide bonds. The average Bonchev–Trinajstić information content (AvgIpc) is 2.93. The van der Waals surface area contributed by atoms with Crippen molar-refractivity contribution in [1.29, 1.82) is 0 Å². The van der Waals surface area contributed by atoms with E-state index in [-0.39, 0.29) is 10.8 Å². The van der Waals surface area contributed by atoms with Gasteiger partial charge in [0.1, 0.15) is 6.33 Å². The highest BCUT2D eigenvalue weighted by Crippen LogP contribution is 2.22. The number of hydrogen-bond acceptors (Lipinski definition) is 6. The molecular weight excluding hydrogens is 338 g/mol. The van der Waals surface area contributed by atoms with Crippen LogP contribution in [0.15, 0.2) is 40.6 Å². The summed E-state index contributed by atoms with van der Waals surface area (Å²) in [6.45, 7) is 4.40. The molecule has 0 saturated carbocycles. The Morgan fingerprint density at radius 3 is 2.87 bits per heavy atom. The first kappa shape index (κ1) is 17.4. The number of nitrogens with zero attached hydrogens (tertiary/aromatic N) is 3. The molecule has 0 spiro atoms. The molecule has 124 valence electrons. The van der Waals surface area contributed by atoms with Gasteiger partial charge in [0.15, 0.2) is 5.16 Å². The zero-order valence-electron chi connectivity index (χ0n) is 12.6. The molecule has 0 saturated heterocycles. The Labute approximate surface area is 138 Å². The predicted octanol–water partition coefficient (Wildman–Crippen LogP) is 1.06. The van der Waals surface area contributed by atoms with Gasteiger partial charge in [-0.1, -0.05) is 17.8 Å². The summed E-state index contributed by atoms with van der Waals surface area (Å²) in [6, 6.07) is 5.80. The summed E-state index contributed by atoms with van der Waals surface area (Å²) in [4.78, 5) is 12.2. The third kappa shape index (κ3) is 4.53. The number of nitrogens with one attached hydrogen (secondary N) is 1. The second-order valence-corrected chi connectivity index (χ2v) is 7.59. The van der Waals surface area contributed by atoms with Gasteiger partial charge in [0.05, 0.1) is 10.1 Å². The van der Waals surface area contributed by atoms with Gasteiger partial charge in [0, 0.05) is 12.2 Å². The molecule has 10 heteroatoms. The standard InChI is InChI=1S/C13H17N5O3S2/c1-3-18-8-15-17-13(18)22-9(2)12(19)16-10-5-4-6-11(7-10)23(14,20)21/h4-9H,3H2,1-2H3,(H,16,19)(H2,14,20,21)/t9-/m1/s1. The van der Waals surface area contributed by atoms with E-state index in [9.17, 15) is 13.2 Å². The minimum atomic E-state index is -3.81. The molecule has 0 aliphatic heterocycles. The molecule has 2 rings (SSSR count). The van der Waals surface area contributed by atoms with Crippen LogP contribution in [-0.2, 0) is 21.4 Å². The van der Waals surface area contributed by atoms with Gasteiger partial charge in [-0.3, -0.25) is 4.79 Å². The van der Waals surface area contributed by atoms with Crippen molar-refractivity contribution in [3.8, 4) is 0 Å². The van der Waals surface area contributed by atoms with Crippen LogP contribution >= 0.6 is 11.8 Å². The molecule has 0 fully saturated rings. The largest absolute Gasteiger partial charge is 0.325 e. The fourth-order valence-electron chi connectivity index (χ4n) is 1.76. The lowest BCUT2D eigenvalue weighted by atomic mass is 10.3. The Hall–Kier alpha value is -1.91. The van der Waals surface area contributed by atoms with E-state index in [4.69, 9.17) is 5.14 Å². The molecule has 3 N–H and O–H groups in total. The summed E-state index contributed by atoms with van der Waals surface area (Å²) in [7, 11) is -3.81. The first-order valence-electron chi connectivity index (χ1n) is 6.79. The monoisotopic (exact) mass is 355 g/mol. The smallest absolute Gasteiger partial charge is 0.238 e. The lowest BCUT2D eigenvalue weighted by Gasteiger charge is -2.12. The summed E-state index contributed by atoms with van der Waals surface area (Å²) in [5.74, 6) is -0.271. The van der Waals surface area contributed by atoms with Crippen molar-refractivity contribution in [1.82, 2.24) is 14.8 Å². The van der Waals surface area contributed by atoms with Crippen molar-refractivity contribution < 1.29 is 13.2 Å². The maximum absolute atomic E-state index is 12.2. The van der Waals surface area contributed by atoms with Crippen LogP contribution in [0.5, 0.6) is 0 Å². The van der Waals surface area contributed by atoms with Crippen molar-refractivity contribution in [3.63, 3.8) is 0 Å². The summed E-state index contributed by atoms with van der Waals surface area (Å²) in [5, 5.41) is 15.7. The molecule has 0 aliphatic carbocycles. The zero-order valence-corrected chi connectivity index (χ0v) is 14.3. The van der Waals surface area contributed by atoms with E-state index in [1.54, 1.807) is 19.3 Å². The van der Waals surface area contributed by atoms with Crippen LogP contribution in [-0.4, -0.2) is 34.3 Å². The number of amides is 1. The second-order valence-electron chi connectivity index (χ2n) is 4.72. The molecule has 1 aromatic heterocycles. The number of anilines is 1. The molecule has 8 nitrogen and oxygen atoms in total. The third-order valence-corrected chi connectivity index (χ3v) is 5.01. The van der Waals surface area contributed by atoms with E-state index in [1.807, 2.05) is 11.5 Å². The van der Waals surface area contributed by atoms with E-state index in [1.165, 1.54) is 30.0 Å². The molecular formula is C13H17N5O3S2. The van der Waals surface area contributed by atoms with Crippen LogP contribution in [0.1, 0.15) is 13.8 Å². The molecule has 2 aromatic rings. The number of hydrogen-bond donors (Lipinski definition) is 2. The molecule has 0 unspecified atom stereocenters. The first-order valence-corrected chi connectivity index (χ1v) is 9.22. The van der Waals surface area contributed by atoms with E-state index >= 15 is 0 Å². The molecule has 1 heterocycles. The van der Waals surface area contributed by atoms with Crippen molar-refractivity contribution in [2.24, 2.45) is 5.14 Å². The number of sulfonamides is 1. The third-order valence-electron chi connectivity index (χ3n) is 3.00. The fourth-order valence-corrected chi connectivity index (χ4v) is 3.21. The first-order chi connectivity index (χ1) is 10.8. The maximum atomic E-state index is 12.2. The minimum absolute atomic E-state index is 0.0543. The van der Waals surface area contributed by atoms with Crippen LogP contribution in [0, 0.1) is 0 Å². The predicted molar refractivity (Wildman–Crippen MR) is 87.5 cm³/mol. The number of thioether (sulfide) groups is 1. The maximum Gasteiger partial charge on any atom is 0.238 e. The Bertz CT molecular complexity index is 803. The highest BCUT2D eigenvalue weighted by atomic mass is 32.2. The number of aryl methyl sites for hydroxylation is 1. The van der Waals surface area contributed by atoms with Crippen LogP contribution in [0.3, 0.4) is 0 Å². The highest BCUT2D eigenvalue weighted by Gasteiger charge is 2.18. The van der Waals surface area contributed by atoms with Crippen molar-refractivity contribution in [3.05, 3.63) is 30.6 Å². The van der Waals surface area contributed by atoms with Gasteiger partial charge >= 0.3 is 0 Å². The zero-order chi connectivity index (χ0) is 17.0. The summed E-state index contributed by atoms with van der Waals surface area (Å²) >= 11 is 1.27. The lowest BCUT2D eigenvalue weighted by molar-refractivity contribution is -0.115.